The van der Waals surface area contributed by atoms with Crippen LogP contribution in [0.1, 0.15) is 26.2 Å². The molecule has 1 aliphatic carbocycles. The fraction of sp³-hybridized carbons (Fsp3) is 0.667. The predicted octanol–water partition coefficient (Wildman–Crippen LogP) is 3.15. The van der Waals surface area contributed by atoms with Crippen LogP contribution >= 0.6 is 24.0 Å². The molecule has 0 heterocycles. The molecule has 1 rings (SSSR count). The molecule has 68 valence electrons. The van der Waals surface area contributed by atoms with Gasteiger partial charge in [-0.25, -0.2) is 0 Å². The van der Waals surface area contributed by atoms with Gasteiger partial charge in [-0.05, 0) is 50.7 Å². The van der Waals surface area contributed by atoms with E-state index in [0.717, 1.165) is 6.42 Å². The van der Waals surface area contributed by atoms with Gasteiger partial charge in [0.05, 0.1) is 0 Å². The zero-order valence-electron chi connectivity index (χ0n) is 7.50. The standard InChI is InChI=1S/C9H14OS2/c1-7-4-3-5-8(6-7)10-9(11)12-2/h6,8H,3-5H2,1-2H3/t8-/m0/s1. The van der Waals surface area contributed by atoms with Gasteiger partial charge in [0, 0.05) is 0 Å². The quantitative estimate of drug-likeness (QED) is 0.477. The van der Waals surface area contributed by atoms with Crippen molar-refractivity contribution in [2.24, 2.45) is 0 Å². The summed E-state index contributed by atoms with van der Waals surface area (Å²) in [7, 11) is 0. The van der Waals surface area contributed by atoms with Gasteiger partial charge in [-0.1, -0.05) is 17.3 Å². The molecule has 0 amide bonds. The minimum absolute atomic E-state index is 0.235. The fourth-order valence-electron chi connectivity index (χ4n) is 1.33. The van der Waals surface area contributed by atoms with Crippen molar-refractivity contribution in [1.29, 1.82) is 0 Å². The van der Waals surface area contributed by atoms with E-state index in [1.54, 1.807) is 0 Å². The van der Waals surface area contributed by atoms with Crippen molar-refractivity contribution in [3.63, 3.8) is 0 Å². The van der Waals surface area contributed by atoms with E-state index in [9.17, 15) is 0 Å². The molecule has 0 radical (unpaired) electrons. The topological polar surface area (TPSA) is 9.23 Å². The first-order valence-electron chi connectivity index (χ1n) is 4.14. The van der Waals surface area contributed by atoms with Gasteiger partial charge in [0.2, 0.25) is 4.38 Å². The molecule has 1 atom stereocenters. The van der Waals surface area contributed by atoms with Crippen molar-refractivity contribution in [1.82, 2.24) is 0 Å². The molecule has 0 aromatic heterocycles. The Morgan fingerprint density at radius 1 is 1.75 bits per heavy atom. The third kappa shape index (κ3) is 3.15. The molecule has 3 heteroatoms. The van der Waals surface area contributed by atoms with Gasteiger partial charge in [0.25, 0.3) is 0 Å². The smallest absolute Gasteiger partial charge is 0.220 e. The molecule has 12 heavy (non-hydrogen) atoms. The number of thioether (sulfide) groups is 1. The fourth-order valence-corrected chi connectivity index (χ4v) is 1.67. The molecular formula is C9H14OS2. The van der Waals surface area contributed by atoms with E-state index in [1.807, 2.05) is 6.26 Å². The first kappa shape index (κ1) is 10.1. The summed E-state index contributed by atoms with van der Waals surface area (Å²) in [6.07, 6.45) is 7.92. The molecule has 0 fully saturated rings. The molecule has 0 saturated carbocycles. The van der Waals surface area contributed by atoms with Crippen LogP contribution in [-0.2, 0) is 4.74 Å². The number of hydrogen-bond acceptors (Lipinski definition) is 3. The van der Waals surface area contributed by atoms with E-state index >= 15 is 0 Å². The molecule has 1 nitrogen and oxygen atoms in total. The maximum absolute atomic E-state index is 5.53. The van der Waals surface area contributed by atoms with Crippen molar-refractivity contribution in [2.45, 2.75) is 32.3 Å². The van der Waals surface area contributed by atoms with Gasteiger partial charge in [-0.2, -0.15) is 0 Å². The van der Waals surface area contributed by atoms with Gasteiger partial charge in [0.15, 0.2) is 0 Å². The van der Waals surface area contributed by atoms with Crippen LogP contribution < -0.4 is 0 Å². The Morgan fingerprint density at radius 2 is 2.50 bits per heavy atom. The summed E-state index contributed by atoms with van der Waals surface area (Å²) in [6.45, 7) is 2.15. The Labute approximate surface area is 83.6 Å². The maximum Gasteiger partial charge on any atom is 0.220 e. The van der Waals surface area contributed by atoms with Gasteiger partial charge >= 0.3 is 0 Å². The van der Waals surface area contributed by atoms with Crippen LogP contribution in [0.4, 0.5) is 0 Å². The lowest BCUT2D eigenvalue weighted by Gasteiger charge is -2.20. The first-order valence-corrected chi connectivity index (χ1v) is 5.77. The monoisotopic (exact) mass is 202 g/mol. The molecule has 0 aromatic rings. The van der Waals surface area contributed by atoms with Crippen LogP contribution in [0.5, 0.6) is 0 Å². The van der Waals surface area contributed by atoms with Crippen LogP contribution in [0.3, 0.4) is 0 Å². The molecule has 0 unspecified atom stereocenters. The van der Waals surface area contributed by atoms with Gasteiger partial charge in [-0.3, -0.25) is 0 Å². The van der Waals surface area contributed by atoms with Crippen LogP contribution in [0, 0.1) is 0 Å². The van der Waals surface area contributed by atoms with Gasteiger partial charge in [-0.15, -0.1) is 0 Å². The van der Waals surface area contributed by atoms with E-state index in [2.05, 4.69) is 13.0 Å². The largest absolute Gasteiger partial charge is 0.471 e. The second kappa shape index (κ2) is 4.87. The lowest BCUT2D eigenvalue weighted by molar-refractivity contribution is 0.228. The van der Waals surface area contributed by atoms with Crippen molar-refractivity contribution in [3.05, 3.63) is 11.6 Å². The van der Waals surface area contributed by atoms with E-state index < -0.39 is 0 Å². The number of ether oxygens (including phenoxy) is 1. The summed E-state index contributed by atoms with van der Waals surface area (Å²) >= 11 is 6.49. The zero-order valence-corrected chi connectivity index (χ0v) is 9.13. The second-order valence-electron chi connectivity index (χ2n) is 3.02. The Hall–Kier alpha value is -0.0200. The number of rotatable bonds is 1. The highest BCUT2D eigenvalue weighted by molar-refractivity contribution is 8.22. The summed E-state index contributed by atoms with van der Waals surface area (Å²) in [4.78, 5) is 0. The Kier molecular flexibility index (Phi) is 4.09. The lowest BCUT2D eigenvalue weighted by Crippen LogP contribution is -2.15. The molecular weight excluding hydrogens is 188 g/mol. The van der Waals surface area contributed by atoms with E-state index in [0.29, 0.717) is 4.38 Å². The summed E-state index contributed by atoms with van der Waals surface area (Å²) in [5.74, 6) is 0. The third-order valence-electron chi connectivity index (χ3n) is 1.94. The Morgan fingerprint density at radius 3 is 3.08 bits per heavy atom. The van der Waals surface area contributed by atoms with Crippen molar-refractivity contribution >= 4 is 28.4 Å². The van der Waals surface area contributed by atoms with E-state index in [1.165, 1.54) is 30.2 Å². The number of thiocarbonyl (C=S) groups is 1. The molecule has 0 saturated heterocycles. The Balaban J connectivity index is 2.42. The normalized spacial score (nSPS) is 23.2. The van der Waals surface area contributed by atoms with Crippen molar-refractivity contribution in [2.75, 3.05) is 6.26 Å². The molecule has 0 bridgehead atoms. The molecule has 0 aliphatic heterocycles. The predicted molar refractivity (Wildman–Crippen MR) is 58.6 cm³/mol. The second-order valence-corrected chi connectivity index (χ2v) is 4.42. The number of allylic oxidation sites excluding steroid dienone is 1. The highest BCUT2D eigenvalue weighted by Gasteiger charge is 2.13. The highest BCUT2D eigenvalue weighted by Crippen LogP contribution is 2.20. The van der Waals surface area contributed by atoms with Crippen LogP contribution in [0.25, 0.3) is 0 Å². The first-order chi connectivity index (χ1) is 5.72. The highest BCUT2D eigenvalue weighted by atomic mass is 32.2. The molecule has 0 N–H and O–H groups in total. The minimum atomic E-state index is 0.235. The molecule has 1 aliphatic rings. The van der Waals surface area contributed by atoms with E-state index in [4.69, 9.17) is 17.0 Å². The zero-order chi connectivity index (χ0) is 8.97. The Bertz CT molecular complexity index is 199. The van der Waals surface area contributed by atoms with Gasteiger partial charge < -0.3 is 4.74 Å². The average Bonchev–Trinajstić information content (AvgIpc) is 2.04. The lowest BCUT2D eigenvalue weighted by atomic mass is 9.99. The van der Waals surface area contributed by atoms with Crippen LogP contribution in [0.15, 0.2) is 11.6 Å². The minimum Gasteiger partial charge on any atom is -0.471 e. The SMILES string of the molecule is CSC(=S)O[C@@H]1C=C(C)CCC1. The maximum atomic E-state index is 5.53. The van der Waals surface area contributed by atoms with Crippen molar-refractivity contribution < 1.29 is 4.74 Å². The van der Waals surface area contributed by atoms with Gasteiger partial charge in [0.1, 0.15) is 6.10 Å². The summed E-state index contributed by atoms with van der Waals surface area (Å²) in [6, 6.07) is 0. The van der Waals surface area contributed by atoms with Crippen LogP contribution in [-0.4, -0.2) is 16.7 Å². The third-order valence-corrected chi connectivity index (χ3v) is 2.97. The summed E-state index contributed by atoms with van der Waals surface area (Å²) in [5, 5.41) is 0. The summed E-state index contributed by atoms with van der Waals surface area (Å²) in [5.41, 5.74) is 1.43. The van der Waals surface area contributed by atoms with E-state index in [-0.39, 0.29) is 6.10 Å². The van der Waals surface area contributed by atoms with Crippen LogP contribution in [0.2, 0.25) is 0 Å². The molecule has 0 spiro atoms. The number of hydrogen-bond donors (Lipinski definition) is 0. The summed E-state index contributed by atoms with van der Waals surface area (Å²) < 4.78 is 6.19. The molecule has 0 aromatic carbocycles. The van der Waals surface area contributed by atoms with Crippen molar-refractivity contribution in [3.8, 4) is 0 Å². The average molecular weight is 202 g/mol.